The van der Waals surface area contributed by atoms with Crippen molar-refractivity contribution in [1.29, 1.82) is 0 Å². The van der Waals surface area contributed by atoms with Gasteiger partial charge in [0.2, 0.25) is 5.91 Å². The fourth-order valence-electron chi connectivity index (χ4n) is 3.39. The minimum absolute atomic E-state index is 0.0205. The van der Waals surface area contributed by atoms with Crippen LogP contribution in [0.2, 0.25) is 0 Å². The van der Waals surface area contributed by atoms with E-state index in [0.29, 0.717) is 43.3 Å². The monoisotopic (exact) mass is 374 g/mol. The third-order valence-electron chi connectivity index (χ3n) is 4.67. The van der Waals surface area contributed by atoms with Gasteiger partial charge in [0.15, 0.2) is 0 Å². The van der Waals surface area contributed by atoms with Gasteiger partial charge < -0.3 is 23.4 Å². The van der Waals surface area contributed by atoms with Crippen molar-refractivity contribution in [1.82, 2.24) is 9.80 Å². The van der Waals surface area contributed by atoms with Crippen molar-refractivity contribution in [3.8, 4) is 0 Å². The lowest BCUT2D eigenvalue weighted by atomic mass is 10.2. The first-order chi connectivity index (χ1) is 12.9. The van der Waals surface area contributed by atoms with Crippen LogP contribution in [-0.4, -0.2) is 53.5 Å². The molecule has 0 radical (unpaired) electrons. The second-order valence-corrected chi connectivity index (χ2v) is 7.00. The number of carbonyl (C=O) groups excluding carboxylic acids is 2. The molecule has 2 amide bonds. The molecule has 0 unspecified atom stereocenters. The SMILES string of the molecule is Cc1occc1C(=O)N(CCC(=O)N1C[C@@H](C)O[C@@H](C)C1)Cc1ccco1. The molecule has 0 bridgehead atoms. The summed E-state index contributed by atoms with van der Waals surface area (Å²) in [7, 11) is 0. The molecule has 2 atom stereocenters. The highest BCUT2D eigenvalue weighted by atomic mass is 16.5. The van der Waals surface area contributed by atoms with Crippen molar-refractivity contribution in [3.05, 3.63) is 47.8 Å². The van der Waals surface area contributed by atoms with E-state index in [1.807, 2.05) is 24.8 Å². The van der Waals surface area contributed by atoms with E-state index in [-0.39, 0.29) is 30.4 Å². The molecular formula is C20H26N2O5. The Hall–Kier alpha value is -2.54. The highest BCUT2D eigenvalue weighted by molar-refractivity contribution is 5.95. The van der Waals surface area contributed by atoms with E-state index in [4.69, 9.17) is 13.6 Å². The molecule has 1 aliphatic rings. The van der Waals surface area contributed by atoms with Crippen LogP contribution in [-0.2, 0) is 16.1 Å². The van der Waals surface area contributed by atoms with E-state index in [1.165, 1.54) is 6.26 Å². The van der Waals surface area contributed by atoms with E-state index in [0.717, 1.165) is 0 Å². The van der Waals surface area contributed by atoms with Gasteiger partial charge in [-0.15, -0.1) is 0 Å². The van der Waals surface area contributed by atoms with Gasteiger partial charge in [0.25, 0.3) is 5.91 Å². The zero-order chi connectivity index (χ0) is 19.4. The number of ether oxygens (including phenoxy) is 1. The van der Waals surface area contributed by atoms with E-state index in [1.54, 1.807) is 30.2 Å². The molecular weight excluding hydrogens is 348 g/mol. The Morgan fingerprint density at radius 1 is 1.15 bits per heavy atom. The Kier molecular flexibility index (Phi) is 6.01. The molecule has 0 aromatic carbocycles. The van der Waals surface area contributed by atoms with Crippen molar-refractivity contribution >= 4 is 11.8 Å². The lowest BCUT2D eigenvalue weighted by Crippen LogP contribution is -2.49. The Bertz CT molecular complexity index is 757. The first-order valence-electron chi connectivity index (χ1n) is 9.23. The van der Waals surface area contributed by atoms with Crippen molar-refractivity contribution in [2.24, 2.45) is 0 Å². The molecule has 7 heteroatoms. The second-order valence-electron chi connectivity index (χ2n) is 7.00. The first kappa shape index (κ1) is 19.2. The largest absolute Gasteiger partial charge is 0.469 e. The van der Waals surface area contributed by atoms with Crippen molar-refractivity contribution < 1.29 is 23.2 Å². The minimum Gasteiger partial charge on any atom is -0.469 e. The molecule has 3 rings (SSSR count). The van der Waals surface area contributed by atoms with Crippen LogP contribution in [0.5, 0.6) is 0 Å². The summed E-state index contributed by atoms with van der Waals surface area (Å²) < 4.78 is 16.3. The molecule has 1 fully saturated rings. The summed E-state index contributed by atoms with van der Waals surface area (Å²) in [5, 5.41) is 0. The zero-order valence-corrected chi connectivity index (χ0v) is 16.0. The van der Waals surface area contributed by atoms with Crippen molar-refractivity contribution in [2.75, 3.05) is 19.6 Å². The van der Waals surface area contributed by atoms with Crippen LogP contribution >= 0.6 is 0 Å². The van der Waals surface area contributed by atoms with Crippen LogP contribution in [0.4, 0.5) is 0 Å². The van der Waals surface area contributed by atoms with E-state index in [9.17, 15) is 9.59 Å². The van der Waals surface area contributed by atoms with Gasteiger partial charge in [0.1, 0.15) is 11.5 Å². The van der Waals surface area contributed by atoms with Crippen LogP contribution in [0, 0.1) is 6.92 Å². The summed E-state index contributed by atoms with van der Waals surface area (Å²) in [6.45, 7) is 7.45. The smallest absolute Gasteiger partial charge is 0.257 e. The summed E-state index contributed by atoms with van der Waals surface area (Å²) in [5.41, 5.74) is 0.502. The van der Waals surface area contributed by atoms with E-state index < -0.39 is 0 Å². The maximum Gasteiger partial charge on any atom is 0.257 e. The number of nitrogens with zero attached hydrogens (tertiary/aromatic N) is 2. The van der Waals surface area contributed by atoms with Crippen LogP contribution in [0.3, 0.4) is 0 Å². The Morgan fingerprint density at radius 2 is 1.89 bits per heavy atom. The minimum atomic E-state index is -0.172. The predicted molar refractivity (Wildman–Crippen MR) is 98.1 cm³/mol. The highest BCUT2D eigenvalue weighted by Crippen LogP contribution is 2.17. The molecule has 1 saturated heterocycles. The summed E-state index contributed by atoms with van der Waals surface area (Å²) in [4.78, 5) is 29.0. The normalized spacial score (nSPS) is 19.9. The Labute approximate surface area is 158 Å². The zero-order valence-electron chi connectivity index (χ0n) is 16.0. The van der Waals surface area contributed by atoms with Gasteiger partial charge in [-0.1, -0.05) is 0 Å². The highest BCUT2D eigenvalue weighted by Gasteiger charge is 2.27. The van der Waals surface area contributed by atoms with Crippen molar-refractivity contribution in [3.63, 3.8) is 0 Å². The molecule has 27 heavy (non-hydrogen) atoms. The van der Waals surface area contributed by atoms with Gasteiger partial charge in [-0.3, -0.25) is 9.59 Å². The number of hydrogen-bond acceptors (Lipinski definition) is 5. The number of carbonyl (C=O) groups is 2. The molecule has 0 N–H and O–H groups in total. The average Bonchev–Trinajstić information content (AvgIpc) is 3.28. The third kappa shape index (κ3) is 4.80. The number of aryl methyl sites for hydroxylation is 1. The Balaban J connectivity index is 1.67. The van der Waals surface area contributed by atoms with Gasteiger partial charge in [-0.2, -0.15) is 0 Å². The van der Waals surface area contributed by atoms with E-state index in [2.05, 4.69) is 0 Å². The van der Waals surface area contributed by atoms with Gasteiger partial charge in [-0.05, 0) is 39.0 Å². The third-order valence-corrected chi connectivity index (χ3v) is 4.67. The topological polar surface area (TPSA) is 76.1 Å². The van der Waals surface area contributed by atoms with Crippen LogP contribution in [0.1, 0.15) is 42.1 Å². The lowest BCUT2D eigenvalue weighted by Gasteiger charge is -2.35. The van der Waals surface area contributed by atoms with Gasteiger partial charge in [0, 0.05) is 26.1 Å². The molecule has 0 spiro atoms. The molecule has 7 nitrogen and oxygen atoms in total. The second kappa shape index (κ2) is 8.43. The molecule has 3 heterocycles. The van der Waals surface area contributed by atoms with Gasteiger partial charge >= 0.3 is 0 Å². The van der Waals surface area contributed by atoms with Gasteiger partial charge in [0.05, 0.1) is 36.8 Å². The average molecular weight is 374 g/mol. The fourth-order valence-corrected chi connectivity index (χ4v) is 3.39. The first-order valence-corrected chi connectivity index (χ1v) is 9.23. The van der Waals surface area contributed by atoms with E-state index >= 15 is 0 Å². The summed E-state index contributed by atoms with van der Waals surface area (Å²) in [6, 6.07) is 5.25. The summed E-state index contributed by atoms with van der Waals surface area (Å²) in [5.74, 6) is 1.09. The maximum atomic E-state index is 12.9. The quantitative estimate of drug-likeness (QED) is 0.777. The molecule has 146 valence electrons. The number of morpholine rings is 1. The van der Waals surface area contributed by atoms with Crippen LogP contribution in [0.15, 0.2) is 39.6 Å². The Morgan fingerprint density at radius 3 is 2.48 bits per heavy atom. The number of hydrogen-bond donors (Lipinski definition) is 0. The molecule has 1 aliphatic heterocycles. The number of furan rings is 2. The summed E-state index contributed by atoms with van der Waals surface area (Å²) >= 11 is 0. The van der Waals surface area contributed by atoms with Crippen molar-refractivity contribution in [2.45, 2.75) is 45.9 Å². The number of amides is 2. The van der Waals surface area contributed by atoms with Crippen LogP contribution < -0.4 is 0 Å². The lowest BCUT2D eigenvalue weighted by molar-refractivity contribution is -0.143. The fraction of sp³-hybridized carbons (Fsp3) is 0.500. The summed E-state index contributed by atoms with van der Waals surface area (Å²) in [6.07, 6.45) is 3.36. The standard InChI is InChI=1S/C20H26N2O5/c1-14-11-22(12-15(2)27-14)19(23)6-8-21(13-17-5-4-9-26-17)20(24)18-7-10-25-16(18)3/h4-5,7,9-10,14-15H,6,8,11-13H2,1-3H3/t14-,15+. The maximum absolute atomic E-state index is 12.9. The molecule has 0 aliphatic carbocycles. The molecule has 2 aromatic rings. The van der Waals surface area contributed by atoms with Gasteiger partial charge in [-0.25, -0.2) is 0 Å². The van der Waals surface area contributed by atoms with Crippen LogP contribution in [0.25, 0.3) is 0 Å². The molecule has 0 saturated carbocycles. The number of rotatable bonds is 6. The predicted octanol–water partition coefficient (Wildman–Crippen LogP) is 2.85. The molecule has 2 aromatic heterocycles.